The molecule has 171 valence electrons. The summed E-state index contributed by atoms with van der Waals surface area (Å²) in [7, 11) is 9.59. The van der Waals surface area contributed by atoms with Gasteiger partial charge in [-0.05, 0) is 24.6 Å². The number of halogens is 2. The number of aryl methyl sites for hydroxylation is 1. The topological polar surface area (TPSA) is 69.3 Å². The monoisotopic (exact) mass is 492 g/mol. The van der Waals surface area contributed by atoms with Crippen molar-refractivity contribution >= 4 is 20.2 Å². The van der Waals surface area contributed by atoms with Gasteiger partial charge in [0.15, 0.2) is 0 Å². The molecular formula is C22H33Cl2MnN5-4. The predicted molar refractivity (Wildman–Crippen MR) is 123 cm³/mol. The van der Waals surface area contributed by atoms with Crippen LogP contribution in [0.2, 0.25) is 0 Å². The summed E-state index contributed by atoms with van der Waals surface area (Å²) in [4.78, 5) is 4.87. The average Bonchev–Trinajstić information content (AvgIpc) is 2.75. The maximum absolute atomic E-state index is 5.03. The van der Waals surface area contributed by atoms with Gasteiger partial charge in [0.2, 0.25) is 0 Å². The molecule has 1 aromatic heterocycles. The van der Waals surface area contributed by atoms with Crippen molar-refractivity contribution in [2.24, 2.45) is 0 Å². The van der Waals surface area contributed by atoms with Gasteiger partial charge in [-0.2, -0.15) is 37.3 Å². The molecule has 1 aliphatic heterocycles. The minimum absolute atomic E-state index is 0.00694. The van der Waals surface area contributed by atoms with E-state index in [0.29, 0.717) is 37.3 Å². The molecule has 0 amide bonds. The Labute approximate surface area is 196 Å². The second kappa shape index (κ2) is 13.6. The first-order valence-corrected chi connectivity index (χ1v) is 14.4. The first-order chi connectivity index (χ1) is 14.7. The van der Waals surface area contributed by atoms with E-state index in [2.05, 4.69) is 19.1 Å². The molecule has 2 aliphatic carbocycles. The zero-order chi connectivity index (χ0) is 21.2. The second-order valence-corrected chi connectivity index (χ2v) is 10.5. The summed E-state index contributed by atoms with van der Waals surface area (Å²) in [5.74, 6) is 0. The molecule has 1 aromatic rings. The Morgan fingerprint density at radius 2 is 1.10 bits per heavy atom. The van der Waals surface area contributed by atoms with E-state index in [0.717, 1.165) is 24.5 Å². The molecule has 2 saturated carbocycles. The summed E-state index contributed by atoms with van der Waals surface area (Å²) >= 11 is 0.00694. The zero-order valence-electron chi connectivity index (χ0n) is 17.8. The van der Waals surface area contributed by atoms with E-state index >= 15 is 0 Å². The van der Waals surface area contributed by atoms with Crippen LogP contribution in [0.3, 0.4) is 0 Å². The molecule has 8 heteroatoms. The van der Waals surface area contributed by atoms with E-state index in [4.69, 9.17) is 46.4 Å². The van der Waals surface area contributed by atoms with Crippen LogP contribution in [0.15, 0.2) is 12.1 Å². The summed E-state index contributed by atoms with van der Waals surface area (Å²) < 4.78 is 0. The van der Waals surface area contributed by atoms with Gasteiger partial charge in [-0.1, -0.05) is 51.4 Å². The van der Waals surface area contributed by atoms with Crippen molar-refractivity contribution in [2.45, 2.75) is 95.5 Å². The maximum atomic E-state index is 5.03. The number of hydrogen-bond donors (Lipinski definition) is 0. The van der Waals surface area contributed by atoms with Crippen molar-refractivity contribution in [1.82, 2.24) is 4.98 Å². The van der Waals surface area contributed by atoms with E-state index in [1.165, 1.54) is 56.9 Å². The number of nitrogens with zero attached hydrogens (tertiary/aromatic N) is 5. The third-order valence-electron chi connectivity index (χ3n) is 6.27. The fourth-order valence-corrected chi connectivity index (χ4v) is 4.88. The van der Waals surface area contributed by atoms with Crippen LogP contribution < -0.4 is 0 Å². The molecule has 2 fully saturated rings. The molecular weight excluding hydrogens is 460 g/mol. The SMILES string of the molecule is Cc1cc2nc(c1)C[N-][C@@H]1CCCC[C@H]1[N-]CC[N-]C1CCCCC1[N-]C2.[Cl][Mn][Cl]. The van der Waals surface area contributed by atoms with E-state index in [-0.39, 0.29) is 13.1 Å². The quantitative estimate of drug-likeness (QED) is 0.363. The van der Waals surface area contributed by atoms with Crippen LogP contribution in [-0.4, -0.2) is 42.2 Å². The van der Waals surface area contributed by atoms with Crippen molar-refractivity contribution in [3.05, 3.63) is 50.4 Å². The van der Waals surface area contributed by atoms with Gasteiger partial charge in [0.05, 0.1) is 0 Å². The van der Waals surface area contributed by atoms with Gasteiger partial charge in [-0.15, -0.1) is 13.1 Å². The molecule has 30 heavy (non-hydrogen) atoms. The molecule has 2 heterocycles. The third-order valence-corrected chi connectivity index (χ3v) is 6.27. The number of hydrogen-bond acceptors (Lipinski definition) is 1. The fourth-order valence-electron chi connectivity index (χ4n) is 4.88. The average molecular weight is 493 g/mol. The van der Waals surface area contributed by atoms with E-state index in [1.807, 2.05) is 0 Å². The third kappa shape index (κ3) is 7.90. The molecule has 0 radical (unpaired) electrons. The van der Waals surface area contributed by atoms with Gasteiger partial charge in [-0.25, -0.2) is 0 Å². The number of aromatic nitrogens is 1. The normalized spacial score (nSPS) is 30.5. The summed E-state index contributed by atoms with van der Waals surface area (Å²) in [6.45, 7) is 5.28. The first-order valence-electron chi connectivity index (χ1n) is 11.2. The molecule has 0 spiro atoms. The summed E-state index contributed by atoms with van der Waals surface area (Å²) in [5, 5.41) is 20.1. The molecule has 5 nitrogen and oxygen atoms in total. The fraction of sp³-hybridized carbons (Fsp3) is 0.773. The van der Waals surface area contributed by atoms with Gasteiger partial charge >= 0.3 is 33.3 Å². The van der Waals surface area contributed by atoms with Crippen molar-refractivity contribution in [2.75, 3.05) is 13.1 Å². The van der Waals surface area contributed by atoms with Crippen LogP contribution >= 0.6 is 20.2 Å². The molecule has 2 bridgehead atoms. The number of pyridine rings is 1. The molecule has 0 aromatic carbocycles. The van der Waals surface area contributed by atoms with Crippen LogP contribution in [0.5, 0.6) is 0 Å². The summed E-state index contributed by atoms with van der Waals surface area (Å²) in [6.07, 6.45) is 9.83. The zero-order valence-corrected chi connectivity index (χ0v) is 20.5. The van der Waals surface area contributed by atoms with Gasteiger partial charge in [0.1, 0.15) is 0 Å². The molecule has 4 rings (SSSR count). The van der Waals surface area contributed by atoms with Gasteiger partial charge < -0.3 is 21.3 Å². The second-order valence-electron chi connectivity index (χ2n) is 8.51. The number of rotatable bonds is 0. The Hall–Kier alpha value is 0.0895. The Bertz CT molecular complexity index is 587. The van der Waals surface area contributed by atoms with Crippen LogP contribution in [0.1, 0.15) is 68.3 Å². The van der Waals surface area contributed by atoms with Crippen LogP contribution in [0, 0.1) is 6.92 Å². The van der Waals surface area contributed by atoms with Crippen LogP contribution in [-0.2, 0) is 26.2 Å². The van der Waals surface area contributed by atoms with Crippen molar-refractivity contribution in [3.8, 4) is 0 Å². The van der Waals surface area contributed by atoms with Gasteiger partial charge in [-0.3, -0.25) is 4.98 Å². The summed E-state index contributed by atoms with van der Waals surface area (Å²) in [6, 6.07) is 5.85. The van der Waals surface area contributed by atoms with E-state index < -0.39 is 0 Å². The minimum atomic E-state index is 0.00694. The van der Waals surface area contributed by atoms with Gasteiger partial charge in [0.25, 0.3) is 0 Å². The Morgan fingerprint density at radius 3 is 1.50 bits per heavy atom. The van der Waals surface area contributed by atoms with Crippen molar-refractivity contribution in [3.63, 3.8) is 0 Å². The number of fused-ring (bicyclic) bond motifs is 4. The predicted octanol–water partition coefficient (Wildman–Crippen LogP) is 6.90. The molecule has 2 unspecified atom stereocenters. The van der Waals surface area contributed by atoms with Crippen molar-refractivity contribution in [1.29, 1.82) is 0 Å². The van der Waals surface area contributed by atoms with Crippen molar-refractivity contribution < 1.29 is 13.1 Å². The Kier molecular flexibility index (Phi) is 11.2. The van der Waals surface area contributed by atoms with Gasteiger partial charge in [0, 0.05) is 11.4 Å². The van der Waals surface area contributed by atoms with E-state index in [9.17, 15) is 0 Å². The van der Waals surface area contributed by atoms with Crippen LogP contribution in [0.25, 0.3) is 21.3 Å². The standard InChI is InChI=1S/C22H33N5.2ClH.Mn/c1-16-12-17-14-25-21-8-4-2-6-19(21)23-10-11-24-20-7-3-5-9-22(20)26-15-18(13-16)27-17;;;/h12-13,19-22H,2-11,14-15H2,1H3;2*1H;/q-4;;;+2/p-2/t19-,20?,21-,22?;;;/m1.../s1. The molecule has 3 aliphatic rings. The molecule has 0 N–H and O–H groups in total. The van der Waals surface area contributed by atoms with E-state index in [1.54, 1.807) is 0 Å². The molecule has 4 atom stereocenters. The first kappa shape index (κ1) is 24.7. The summed E-state index contributed by atoms with van der Waals surface area (Å²) in [5.41, 5.74) is 3.44. The van der Waals surface area contributed by atoms with Crippen LogP contribution in [0.4, 0.5) is 0 Å². The molecule has 0 saturated heterocycles. The Morgan fingerprint density at radius 1 is 0.733 bits per heavy atom. The Balaban J connectivity index is 0.000000806.